The third-order valence-electron chi connectivity index (χ3n) is 2.47. The number of anilines is 2. The number of hydrazine groups is 1. The van der Waals surface area contributed by atoms with Crippen molar-refractivity contribution in [2.75, 3.05) is 11.2 Å². The van der Waals surface area contributed by atoms with Crippen molar-refractivity contribution in [1.82, 2.24) is 15.2 Å². The molecule has 19 heavy (non-hydrogen) atoms. The minimum absolute atomic E-state index is 0.278. The highest BCUT2D eigenvalue weighted by atomic mass is 35.5. The Bertz CT molecular complexity index is 626. The molecule has 0 aliphatic carbocycles. The van der Waals surface area contributed by atoms with Gasteiger partial charge in [0.25, 0.3) is 5.91 Å². The van der Waals surface area contributed by atoms with Crippen LogP contribution in [0.3, 0.4) is 0 Å². The van der Waals surface area contributed by atoms with Crippen LogP contribution in [0.1, 0.15) is 10.4 Å². The maximum Gasteiger partial charge on any atom is 0.274 e. The van der Waals surface area contributed by atoms with E-state index in [1.807, 2.05) is 0 Å². The molecule has 0 bridgehead atoms. The van der Waals surface area contributed by atoms with Crippen molar-refractivity contribution >= 4 is 40.6 Å². The number of carbonyl (C=O) groups excluding carboxylic acids is 1. The fourth-order valence-corrected chi connectivity index (χ4v) is 1.86. The molecule has 0 fully saturated rings. The van der Waals surface area contributed by atoms with E-state index < -0.39 is 5.91 Å². The van der Waals surface area contributed by atoms with Gasteiger partial charge in [0.1, 0.15) is 11.4 Å². The number of hydrogen-bond acceptors (Lipinski definition) is 4. The van der Waals surface area contributed by atoms with E-state index in [4.69, 9.17) is 28.9 Å². The fraction of sp³-hybridized carbons (Fsp3) is 0.0909. The summed E-state index contributed by atoms with van der Waals surface area (Å²) in [5.41, 5.74) is 11.7. The van der Waals surface area contributed by atoms with Crippen LogP contribution in [0.25, 0.3) is 0 Å². The first kappa shape index (κ1) is 13.5. The van der Waals surface area contributed by atoms with E-state index in [9.17, 15) is 4.79 Å². The second-order valence-electron chi connectivity index (χ2n) is 3.77. The standard InChI is InChI=1S/C11H11Cl2N5O/c1-18-10(14)7(5-15-18)11(19)17-16-9-3-2-6(12)4-8(9)13/h2-5,16H,14H2,1H3,(H,17,19). The summed E-state index contributed by atoms with van der Waals surface area (Å²) < 4.78 is 1.41. The number of aryl methyl sites for hydroxylation is 1. The summed E-state index contributed by atoms with van der Waals surface area (Å²) >= 11 is 11.7. The smallest absolute Gasteiger partial charge is 0.274 e. The Kier molecular flexibility index (Phi) is 3.82. The number of halogens is 2. The molecule has 0 saturated heterocycles. The minimum atomic E-state index is -0.406. The van der Waals surface area contributed by atoms with Crippen LogP contribution in [0.5, 0.6) is 0 Å². The van der Waals surface area contributed by atoms with Gasteiger partial charge in [0.2, 0.25) is 0 Å². The normalized spacial score (nSPS) is 10.3. The lowest BCUT2D eigenvalue weighted by Gasteiger charge is -2.09. The van der Waals surface area contributed by atoms with Gasteiger partial charge in [-0.1, -0.05) is 23.2 Å². The van der Waals surface area contributed by atoms with Crippen LogP contribution in [0.15, 0.2) is 24.4 Å². The van der Waals surface area contributed by atoms with Gasteiger partial charge < -0.3 is 5.73 Å². The predicted octanol–water partition coefficient (Wildman–Crippen LogP) is 2.07. The molecule has 0 atom stereocenters. The molecule has 4 N–H and O–H groups in total. The number of carbonyl (C=O) groups is 1. The van der Waals surface area contributed by atoms with Crippen molar-refractivity contribution in [2.24, 2.45) is 7.05 Å². The third-order valence-corrected chi connectivity index (χ3v) is 3.02. The number of hydrogen-bond donors (Lipinski definition) is 3. The van der Waals surface area contributed by atoms with Crippen LogP contribution in [0.4, 0.5) is 11.5 Å². The van der Waals surface area contributed by atoms with Crippen LogP contribution < -0.4 is 16.6 Å². The van der Waals surface area contributed by atoms with Crippen LogP contribution >= 0.6 is 23.2 Å². The molecule has 100 valence electrons. The van der Waals surface area contributed by atoms with Gasteiger partial charge in [-0.15, -0.1) is 0 Å². The molecule has 1 heterocycles. The average Bonchev–Trinajstić information content (AvgIpc) is 2.69. The molecule has 1 aromatic carbocycles. The molecular weight excluding hydrogens is 289 g/mol. The summed E-state index contributed by atoms with van der Waals surface area (Å²) in [6.45, 7) is 0. The monoisotopic (exact) mass is 299 g/mol. The summed E-state index contributed by atoms with van der Waals surface area (Å²) in [7, 11) is 1.65. The van der Waals surface area contributed by atoms with Crippen molar-refractivity contribution in [3.8, 4) is 0 Å². The highest BCUT2D eigenvalue weighted by molar-refractivity contribution is 6.36. The van der Waals surface area contributed by atoms with Gasteiger partial charge >= 0.3 is 0 Å². The highest BCUT2D eigenvalue weighted by Crippen LogP contribution is 2.24. The molecule has 1 aromatic heterocycles. The van der Waals surface area contributed by atoms with Gasteiger partial charge in [0.05, 0.1) is 16.9 Å². The van der Waals surface area contributed by atoms with Crippen molar-refractivity contribution in [1.29, 1.82) is 0 Å². The zero-order valence-electron chi connectivity index (χ0n) is 9.95. The zero-order chi connectivity index (χ0) is 14.0. The number of nitrogens with zero attached hydrogens (tertiary/aromatic N) is 2. The molecule has 2 rings (SSSR count). The van der Waals surface area contributed by atoms with E-state index in [-0.39, 0.29) is 11.4 Å². The molecule has 1 amide bonds. The zero-order valence-corrected chi connectivity index (χ0v) is 11.5. The third kappa shape index (κ3) is 2.91. The lowest BCUT2D eigenvalue weighted by Crippen LogP contribution is -2.29. The first-order valence-electron chi connectivity index (χ1n) is 5.28. The number of rotatable bonds is 3. The number of benzene rings is 1. The summed E-state index contributed by atoms with van der Waals surface area (Å²) in [5.74, 6) is -0.127. The molecule has 2 aromatic rings. The Morgan fingerprint density at radius 2 is 2.16 bits per heavy atom. The average molecular weight is 300 g/mol. The van der Waals surface area contributed by atoms with E-state index in [1.165, 1.54) is 10.9 Å². The fourth-order valence-electron chi connectivity index (χ4n) is 1.40. The summed E-state index contributed by atoms with van der Waals surface area (Å²) in [6.07, 6.45) is 1.38. The maximum absolute atomic E-state index is 11.9. The van der Waals surface area contributed by atoms with Gasteiger partial charge in [-0.2, -0.15) is 5.10 Å². The molecule has 0 aliphatic heterocycles. The van der Waals surface area contributed by atoms with Gasteiger partial charge in [0.15, 0.2) is 0 Å². The lowest BCUT2D eigenvalue weighted by atomic mass is 10.3. The number of aromatic nitrogens is 2. The van der Waals surface area contributed by atoms with Crippen molar-refractivity contribution in [2.45, 2.75) is 0 Å². The Morgan fingerprint density at radius 1 is 1.42 bits per heavy atom. The quantitative estimate of drug-likeness (QED) is 0.758. The van der Waals surface area contributed by atoms with Gasteiger partial charge in [0, 0.05) is 12.1 Å². The minimum Gasteiger partial charge on any atom is -0.383 e. The second kappa shape index (κ2) is 5.38. The number of nitrogens with two attached hydrogens (primary N) is 1. The number of nitrogen functional groups attached to an aromatic ring is 1. The molecular formula is C11H11Cl2N5O. The first-order valence-corrected chi connectivity index (χ1v) is 6.03. The highest BCUT2D eigenvalue weighted by Gasteiger charge is 2.13. The van der Waals surface area contributed by atoms with E-state index in [0.717, 1.165) is 0 Å². The van der Waals surface area contributed by atoms with Crippen LogP contribution in [0, 0.1) is 0 Å². The predicted molar refractivity (Wildman–Crippen MR) is 75.2 cm³/mol. The Morgan fingerprint density at radius 3 is 2.74 bits per heavy atom. The summed E-state index contributed by atoms with van der Waals surface area (Å²) in [5, 5.41) is 4.79. The maximum atomic E-state index is 11.9. The van der Waals surface area contributed by atoms with Crippen LogP contribution in [-0.4, -0.2) is 15.7 Å². The molecule has 0 aliphatic rings. The van der Waals surface area contributed by atoms with Crippen LogP contribution in [0.2, 0.25) is 10.0 Å². The van der Waals surface area contributed by atoms with E-state index >= 15 is 0 Å². The van der Waals surface area contributed by atoms with E-state index in [0.29, 0.717) is 15.7 Å². The number of nitrogens with one attached hydrogen (secondary N) is 2. The van der Waals surface area contributed by atoms with Crippen LogP contribution in [-0.2, 0) is 7.05 Å². The number of amides is 1. The Labute approximate surface area is 119 Å². The molecule has 0 radical (unpaired) electrons. The van der Waals surface area contributed by atoms with Crippen molar-refractivity contribution in [3.05, 3.63) is 40.0 Å². The lowest BCUT2D eigenvalue weighted by molar-refractivity contribution is 0.0963. The summed E-state index contributed by atoms with van der Waals surface area (Å²) in [6, 6.07) is 4.87. The molecule has 6 nitrogen and oxygen atoms in total. The van der Waals surface area contributed by atoms with E-state index in [2.05, 4.69) is 16.0 Å². The van der Waals surface area contributed by atoms with Crippen molar-refractivity contribution in [3.63, 3.8) is 0 Å². The largest absolute Gasteiger partial charge is 0.383 e. The topological polar surface area (TPSA) is 85.0 Å². The Balaban J connectivity index is 2.06. The molecule has 8 heteroatoms. The van der Waals surface area contributed by atoms with Crippen molar-refractivity contribution < 1.29 is 4.79 Å². The molecule has 0 saturated carbocycles. The van der Waals surface area contributed by atoms with Gasteiger partial charge in [-0.3, -0.25) is 20.3 Å². The molecule has 0 unspecified atom stereocenters. The summed E-state index contributed by atoms with van der Waals surface area (Å²) in [4.78, 5) is 11.9. The van der Waals surface area contributed by atoms with E-state index in [1.54, 1.807) is 25.2 Å². The molecule has 0 spiro atoms. The Hall–Kier alpha value is -1.92. The first-order chi connectivity index (χ1) is 8.99. The SMILES string of the molecule is Cn1ncc(C(=O)NNc2ccc(Cl)cc2Cl)c1N. The van der Waals surface area contributed by atoms with Gasteiger partial charge in [-0.25, -0.2) is 0 Å². The van der Waals surface area contributed by atoms with Gasteiger partial charge in [-0.05, 0) is 18.2 Å². The second-order valence-corrected chi connectivity index (χ2v) is 4.61.